The van der Waals surface area contributed by atoms with Crippen LogP contribution in [0.1, 0.15) is 5.56 Å². The highest BCUT2D eigenvalue weighted by molar-refractivity contribution is 7.99. The van der Waals surface area contributed by atoms with Crippen molar-refractivity contribution < 1.29 is 4.39 Å². The Bertz CT molecular complexity index is 558. The van der Waals surface area contributed by atoms with E-state index in [0.29, 0.717) is 15.6 Å². The number of aromatic nitrogens is 3. The molecule has 0 spiro atoms. The summed E-state index contributed by atoms with van der Waals surface area (Å²) in [5, 5.41) is 17.1. The molecule has 0 radical (unpaired) electrons. The van der Waals surface area contributed by atoms with E-state index >= 15 is 0 Å². The van der Waals surface area contributed by atoms with Gasteiger partial charge in [-0.05, 0) is 30.0 Å². The summed E-state index contributed by atoms with van der Waals surface area (Å²) in [7, 11) is 1.80. The van der Waals surface area contributed by atoms with Gasteiger partial charge in [0.2, 0.25) is 0 Å². The zero-order chi connectivity index (χ0) is 11.5. The third kappa shape index (κ3) is 2.04. The van der Waals surface area contributed by atoms with Crippen LogP contribution in [0.3, 0.4) is 0 Å². The van der Waals surface area contributed by atoms with E-state index < -0.39 is 5.82 Å². The summed E-state index contributed by atoms with van der Waals surface area (Å²) in [6.45, 7) is 0. The topological polar surface area (TPSA) is 54.5 Å². The molecule has 0 atom stereocenters. The quantitative estimate of drug-likeness (QED) is 0.797. The smallest absolute Gasteiger partial charge is 0.195 e. The highest BCUT2D eigenvalue weighted by Crippen LogP contribution is 2.28. The summed E-state index contributed by atoms with van der Waals surface area (Å²) in [6, 6.07) is 6.04. The minimum absolute atomic E-state index is 0.299. The molecule has 0 N–H and O–H groups in total. The molecule has 0 saturated heterocycles. The van der Waals surface area contributed by atoms with Gasteiger partial charge in [0.1, 0.15) is 18.2 Å². The molecule has 1 aromatic heterocycles. The summed E-state index contributed by atoms with van der Waals surface area (Å²) in [4.78, 5) is 0.667. The van der Waals surface area contributed by atoms with Crippen LogP contribution in [0.4, 0.5) is 4.39 Å². The molecule has 0 aliphatic heterocycles. The predicted molar refractivity (Wildman–Crippen MR) is 56.2 cm³/mol. The Hall–Kier alpha value is -1.87. The van der Waals surface area contributed by atoms with E-state index in [4.69, 9.17) is 5.26 Å². The summed E-state index contributed by atoms with van der Waals surface area (Å²) < 4.78 is 14.6. The maximum atomic E-state index is 12.9. The Labute approximate surface area is 95.7 Å². The van der Waals surface area contributed by atoms with E-state index in [9.17, 15) is 4.39 Å². The fourth-order valence-corrected chi connectivity index (χ4v) is 1.97. The summed E-state index contributed by atoms with van der Waals surface area (Å²) in [6.07, 6.45) is 1.57. The van der Waals surface area contributed by atoms with Crippen molar-refractivity contribution in [2.75, 3.05) is 0 Å². The Morgan fingerprint density at radius 2 is 2.31 bits per heavy atom. The van der Waals surface area contributed by atoms with Crippen LogP contribution < -0.4 is 0 Å². The van der Waals surface area contributed by atoms with Crippen molar-refractivity contribution in [2.24, 2.45) is 7.05 Å². The van der Waals surface area contributed by atoms with E-state index in [1.165, 1.54) is 23.9 Å². The van der Waals surface area contributed by atoms with Crippen LogP contribution in [0.25, 0.3) is 0 Å². The second-order valence-corrected chi connectivity index (χ2v) is 4.09. The molecule has 2 rings (SSSR count). The highest BCUT2D eigenvalue weighted by Gasteiger charge is 2.08. The molecular formula is C10H7FN4S. The van der Waals surface area contributed by atoms with Crippen molar-refractivity contribution in [1.82, 2.24) is 14.8 Å². The predicted octanol–water partition coefficient (Wildman–Crippen LogP) is 1.98. The molecule has 0 amide bonds. The first-order valence-corrected chi connectivity index (χ1v) is 5.24. The molecule has 2 aromatic rings. The molecule has 0 fully saturated rings. The van der Waals surface area contributed by atoms with Crippen molar-refractivity contribution in [3.8, 4) is 6.07 Å². The van der Waals surface area contributed by atoms with Crippen LogP contribution in [-0.2, 0) is 7.05 Å². The lowest BCUT2D eigenvalue weighted by atomic mass is 10.2. The minimum atomic E-state index is -0.418. The van der Waals surface area contributed by atoms with Gasteiger partial charge in [0.15, 0.2) is 5.16 Å². The number of rotatable bonds is 2. The minimum Gasteiger partial charge on any atom is -0.311 e. The van der Waals surface area contributed by atoms with E-state index in [1.807, 2.05) is 6.07 Å². The molecule has 0 bridgehead atoms. The Balaban J connectivity index is 2.36. The van der Waals surface area contributed by atoms with Gasteiger partial charge in [0.25, 0.3) is 0 Å². The fourth-order valence-electron chi connectivity index (χ4n) is 1.14. The third-order valence-corrected chi connectivity index (χ3v) is 3.06. The van der Waals surface area contributed by atoms with Crippen LogP contribution in [0.15, 0.2) is 34.6 Å². The molecule has 0 saturated carbocycles. The van der Waals surface area contributed by atoms with Crippen LogP contribution in [-0.4, -0.2) is 14.8 Å². The van der Waals surface area contributed by atoms with Crippen LogP contribution in [0.5, 0.6) is 0 Å². The molecule has 1 heterocycles. The molecule has 16 heavy (non-hydrogen) atoms. The molecular weight excluding hydrogens is 227 g/mol. The standard InChI is InChI=1S/C10H7FN4S/c1-15-6-13-14-10(15)16-9-3-2-8(11)4-7(9)5-12/h2-4,6H,1H3. The molecule has 1 aromatic carbocycles. The Kier molecular flexibility index (Phi) is 2.88. The van der Waals surface area contributed by atoms with Crippen molar-refractivity contribution in [3.05, 3.63) is 35.9 Å². The Morgan fingerprint density at radius 1 is 1.50 bits per heavy atom. The van der Waals surface area contributed by atoms with Gasteiger partial charge in [0.05, 0.1) is 5.56 Å². The Morgan fingerprint density at radius 3 is 2.94 bits per heavy atom. The third-order valence-electron chi connectivity index (χ3n) is 1.93. The lowest BCUT2D eigenvalue weighted by molar-refractivity contribution is 0.626. The number of aryl methyl sites for hydroxylation is 1. The normalized spacial score (nSPS) is 10.1. The number of benzene rings is 1. The average molecular weight is 234 g/mol. The molecule has 0 unspecified atom stereocenters. The largest absolute Gasteiger partial charge is 0.311 e. The zero-order valence-corrected chi connectivity index (χ0v) is 9.20. The monoisotopic (exact) mass is 234 g/mol. The fraction of sp³-hybridized carbons (Fsp3) is 0.100. The van der Waals surface area contributed by atoms with Crippen LogP contribution in [0, 0.1) is 17.1 Å². The van der Waals surface area contributed by atoms with E-state index in [-0.39, 0.29) is 0 Å². The first-order valence-electron chi connectivity index (χ1n) is 4.42. The second-order valence-electron chi connectivity index (χ2n) is 3.08. The van der Waals surface area contributed by atoms with Crippen LogP contribution in [0.2, 0.25) is 0 Å². The van der Waals surface area contributed by atoms with Crippen molar-refractivity contribution >= 4 is 11.8 Å². The maximum Gasteiger partial charge on any atom is 0.195 e. The van der Waals surface area contributed by atoms with Gasteiger partial charge in [-0.2, -0.15) is 5.26 Å². The van der Waals surface area contributed by atoms with Gasteiger partial charge in [-0.1, -0.05) is 0 Å². The SMILES string of the molecule is Cn1cnnc1Sc1ccc(F)cc1C#N. The zero-order valence-electron chi connectivity index (χ0n) is 8.38. The number of halogens is 1. The summed E-state index contributed by atoms with van der Waals surface area (Å²) in [5.74, 6) is -0.418. The van der Waals surface area contributed by atoms with Crippen LogP contribution >= 0.6 is 11.8 Å². The van der Waals surface area contributed by atoms with E-state index in [0.717, 1.165) is 0 Å². The molecule has 0 aliphatic rings. The van der Waals surface area contributed by atoms with Gasteiger partial charge in [-0.3, -0.25) is 0 Å². The maximum absolute atomic E-state index is 12.9. The summed E-state index contributed by atoms with van der Waals surface area (Å²) in [5.41, 5.74) is 0.299. The average Bonchev–Trinajstić information content (AvgIpc) is 2.67. The molecule has 4 nitrogen and oxygen atoms in total. The van der Waals surface area contributed by atoms with Gasteiger partial charge >= 0.3 is 0 Å². The van der Waals surface area contributed by atoms with E-state index in [1.54, 1.807) is 24.0 Å². The molecule has 0 aliphatic carbocycles. The van der Waals surface area contributed by atoms with Crippen molar-refractivity contribution in [2.45, 2.75) is 10.1 Å². The number of hydrogen-bond donors (Lipinski definition) is 0. The number of nitrogens with zero attached hydrogens (tertiary/aromatic N) is 4. The first-order chi connectivity index (χ1) is 7.70. The summed E-state index contributed by atoms with van der Waals surface area (Å²) >= 11 is 1.28. The lowest BCUT2D eigenvalue weighted by Crippen LogP contribution is -1.90. The van der Waals surface area contributed by atoms with E-state index in [2.05, 4.69) is 10.2 Å². The number of hydrogen-bond acceptors (Lipinski definition) is 4. The van der Waals surface area contributed by atoms with Gasteiger partial charge in [0, 0.05) is 11.9 Å². The number of nitriles is 1. The van der Waals surface area contributed by atoms with Gasteiger partial charge < -0.3 is 4.57 Å². The lowest BCUT2D eigenvalue weighted by Gasteiger charge is -2.02. The van der Waals surface area contributed by atoms with Gasteiger partial charge in [-0.25, -0.2) is 4.39 Å². The molecule has 80 valence electrons. The second kappa shape index (κ2) is 4.33. The van der Waals surface area contributed by atoms with Crippen molar-refractivity contribution in [3.63, 3.8) is 0 Å². The molecule has 6 heteroatoms. The first kappa shape index (κ1) is 10.6. The highest BCUT2D eigenvalue weighted by atomic mass is 32.2. The van der Waals surface area contributed by atoms with Crippen molar-refractivity contribution in [1.29, 1.82) is 5.26 Å². The van der Waals surface area contributed by atoms with Gasteiger partial charge in [-0.15, -0.1) is 10.2 Å².